The Morgan fingerprint density at radius 2 is 1.86 bits per heavy atom. The first kappa shape index (κ1) is 16.3. The van der Waals surface area contributed by atoms with Gasteiger partial charge in [-0.05, 0) is 36.8 Å². The van der Waals surface area contributed by atoms with Gasteiger partial charge < -0.3 is 10.1 Å². The number of esters is 1. The molecule has 0 aliphatic heterocycles. The predicted molar refractivity (Wildman–Crippen MR) is 86.6 cm³/mol. The fourth-order valence-corrected chi connectivity index (χ4v) is 2.14. The highest BCUT2D eigenvalue weighted by Crippen LogP contribution is 2.20. The van der Waals surface area contributed by atoms with E-state index in [4.69, 9.17) is 27.9 Å². The number of hydrogen-bond donors (Lipinski definition) is 1. The molecular weight excluding hydrogens is 325 g/mol. The van der Waals surface area contributed by atoms with Gasteiger partial charge in [-0.25, -0.2) is 4.79 Å². The maximum absolute atomic E-state index is 11.8. The summed E-state index contributed by atoms with van der Waals surface area (Å²) in [6.07, 6.45) is 0. The van der Waals surface area contributed by atoms with Crippen LogP contribution in [-0.4, -0.2) is 18.5 Å². The minimum atomic E-state index is -0.649. The van der Waals surface area contributed by atoms with Crippen LogP contribution in [-0.2, 0) is 9.53 Å². The van der Waals surface area contributed by atoms with Gasteiger partial charge >= 0.3 is 5.97 Å². The number of amides is 1. The van der Waals surface area contributed by atoms with E-state index in [1.165, 1.54) is 6.07 Å². The van der Waals surface area contributed by atoms with E-state index >= 15 is 0 Å². The average Bonchev–Trinajstić information content (AvgIpc) is 2.49. The molecule has 1 N–H and O–H groups in total. The van der Waals surface area contributed by atoms with E-state index in [0.29, 0.717) is 10.7 Å². The van der Waals surface area contributed by atoms with Gasteiger partial charge in [0.05, 0.1) is 10.6 Å². The molecule has 0 saturated carbocycles. The number of carbonyl (C=O) groups excluding carboxylic acids is 2. The van der Waals surface area contributed by atoms with Crippen LogP contribution in [0.3, 0.4) is 0 Å². The second kappa shape index (κ2) is 7.29. The zero-order valence-corrected chi connectivity index (χ0v) is 13.2. The molecule has 0 saturated heterocycles. The van der Waals surface area contributed by atoms with E-state index in [-0.39, 0.29) is 10.6 Å². The summed E-state index contributed by atoms with van der Waals surface area (Å²) < 4.78 is 4.94. The third kappa shape index (κ3) is 4.23. The minimum absolute atomic E-state index is 0.218. The molecule has 2 aromatic rings. The van der Waals surface area contributed by atoms with Gasteiger partial charge in [-0.2, -0.15) is 0 Å². The molecule has 0 atom stereocenters. The van der Waals surface area contributed by atoms with Gasteiger partial charge in [-0.15, -0.1) is 0 Å². The van der Waals surface area contributed by atoms with Crippen molar-refractivity contribution in [2.24, 2.45) is 0 Å². The Labute approximate surface area is 138 Å². The summed E-state index contributed by atoms with van der Waals surface area (Å²) in [6.45, 7) is 1.43. The molecule has 114 valence electrons. The first-order valence-electron chi connectivity index (χ1n) is 6.45. The van der Waals surface area contributed by atoms with Crippen LogP contribution >= 0.6 is 23.2 Å². The van der Waals surface area contributed by atoms with E-state index in [1.807, 2.05) is 6.92 Å². The molecule has 0 unspecified atom stereocenters. The van der Waals surface area contributed by atoms with Gasteiger partial charge in [0, 0.05) is 10.7 Å². The number of ether oxygens (including phenoxy) is 1. The number of nitrogens with one attached hydrogen (secondary N) is 1. The number of anilines is 1. The summed E-state index contributed by atoms with van der Waals surface area (Å²) in [5.74, 6) is -1.10. The average molecular weight is 338 g/mol. The molecule has 4 nitrogen and oxygen atoms in total. The van der Waals surface area contributed by atoms with E-state index < -0.39 is 18.5 Å². The van der Waals surface area contributed by atoms with E-state index in [0.717, 1.165) is 5.56 Å². The second-order valence-electron chi connectivity index (χ2n) is 4.56. The van der Waals surface area contributed by atoms with E-state index in [9.17, 15) is 9.59 Å². The highest BCUT2D eigenvalue weighted by molar-refractivity contribution is 6.33. The summed E-state index contributed by atoms with van der Waals surface area (Å²) in [5.41, 5.74) is 1.65. The molecule has 0 spiro atoms. The lowest BCUT2D eigenvalue weighted by Gasteiger charge is -2.09. The number of benzene rings is 2. The molecule has 0 bridgehead atoms. The summed E-state index contributed by atoms with van der Waals surface area (Å²) >= 11 is 11.8. The molecule has 2 aromatic carbocycles. The SMILES string of the molecule is Cc1ccc(Cl)cc1NC(=O)COC(=O)c1ccccc1Cl. The summed E-state index contributed by atoms with van der Waals surface area (Å²) in [5, 5.41) is 3.42. The van der Waals surface area contributed by atoms with Gasteiger partial charge in [0.25, 0.3) is 5.91 Å². The minimum Gasteiger partial charge on any atom is -0.452 e. The lowest BCUT2D eigenvalue weighted by molar-refractivity contribution is -0.119. The zero-order chi connectivity index (χ0) is 16.1. The Morgan fingerprint density at radius 1 is 1.14 bits per heavy atom. The molecule has 0 aliphatic carbocycles. The molecule has 0 aliphatic rings. The van der Waals surface area contributed by atoms with Crippen molar-refractivity contribution in [1.82, 2.24) is 0 Å². The van der Waals surface area contributed by atoms with Crippen LogP contribution in [0.2, 0.25) is 10.0 Å². The number of halogens is 2. The van der Waals surface area contributed by atoms with Crippen LogP contribution in [0.4, 0.5) is 5.69 Å². The van der Waals surface area contributed by atoms with Crippen LogP contribution in [0.1, 0.15) is 15.9 Å². The molecule has 0 heterocycles. The number of aryl methyl sites for hydroxylation is 1. The van der Waals surface area contributed by atoms with Gasteiger partial charge in [0.1, 0.15) is 0 Å². The fourth-order valence-electron chi connectivity index (χ4n) is 1.75. The molecule has 0 aromatic heterocycles. The van der Waals surface area contributed by atoms with Crippen LogP contribution in [0, 0.1) is 6.92 Å². The summed E-state index contributed by atoms with van der Waals surface area (Å²) in [4.78, 5) is 23.7. The molecule has 2 rings (SSSR count). The van der Waals surface area contributed by atoms with Crippen molar-refractivity contribution in [3.63, 3.8) is 0 Å². The first-order valence-corrected chi connectivity index (χ1v) is 7.20. The zero-order valence-electron chi connectivity index (χ0n) is 11.7. The van der Waals surface area contributed by atoms with Crippen LogP contribution < -0.4 is 5.32 Å². The van der Waals surface area contributed by atoms with Crippen LogP contribution in [0.25, 0.3) is 0 Å². The van der Waals surface area contributed by atoms with Crippen molar-refractivity contribution in [2.45, 2.75) is 6.92 Å². The topological polar surface area (TPSA) is 55.4 Å². The predicted octanol–water partition coefficient (Wildman–Crippen LogP) is 4.10. The van der Waals surface area contributed by atoms with E-state index in [2.05, 4.69) is 5.32 Å². The Hall–Kier alpha value is -2.04. The maximum Gasteiger partial charge on any atom is 0.340 e. The highest BCUT2D eigenvalue weighted by atomic mass is 35.5. The van der Waals surface area contributed by atoms with Crippen LogP contribution in [0.15, 0.2) is 42.5 Å². The Kier molecular flexibility index (Phi) is 5.41. The largest absolute Gasteiger partial charge is 0.452 e. The third-order valence-corrected chi connectivity index (χ3v) is 3.47. The van der Waals surface area contributed by atoms with Gasteiger partial charge in [-0.3, -0.25) is 4.79 Å². The molecule has 22 heavy (non-hydrogen) atoms. The maximum atomic E-state index is 11.8. The van der Waals surface area contributed by atoms with Crippen molar-refractivity contribution < 1.29 is 14.3 Å². The number of rotatable bonds is 4. The molecular formula is C16H13Cl2NO3. The smallest absolute Gasteiger partial charge is 0.340 e. The molecule has 6 heteroatoms. The molecule has 0 radical (unpaired) electrons. The quantitative estimate of drug-likeness (QED) is 0.854. The van der Waals surface area contributed by atoms with Gasteiger partial charge in [0.2, 0.25) is 0 Å². The lowest BCUT2D eigenvalue weighted by atomic mass is 10.2. The van der Waals surface area contributed by atoms with Crippen molar-refractivity contribution in [3.05, 3.63) is 63.6 Å². The second-order valence-corrected chi connectivity index (χ2v) is 5.41. The van der Waals surface area contributed by atoms with E-state index in [1.54, 1.807) is 36.4 Å². The number of carbonyl (C=O) groups is 2. The number of hydrogen-bond acceptors (Lipinski definition) is 3. The van der Waals surface area contributed by atoms with Gasteiger partial charge in [-0.1, -0.05) is 41.4 Å². The Morgan fingerprint density at radius 3 is 2.59 bits per heavy atom. The lowest BCUT2D eigenvalue weighted by Crippen LogP contribution is -2.21. The van der Waals surface area contributed by atoms with Crippen molar-refractivity contribution in [3.8, 4) is 0 Å². The Bertz CT molecular complexity index is 716. The standard InChI is InChI=1S/C16H13Cl2NO3/c1-10-6-7-11(17)8-14(10)19-15(20)9-22-16(21)12-4-2-3-5-13(12)18/h2-8H,9H2,1H3,(H,19,20). The normalized spacial score (nSPS) is 10.1. The Balaban J connectivity index is 1.94. The first-order chi connectivity index (χ1) is 10.5. The highest BCUT2D eigenvalue weighted by Gasteiger charge is 2.13. The van der Waals surface area contributed by atoms with Gasteiger partial charge in [0.15, 0.2) is 6.61 Å². The monoisotopic (exact) mass is 337 g/mol. The summed E-state index contributed by atoms with van der Waals surface area (Å²) in [6, 6.07) is 11.6. The fraction of sp³-hybridized carbons (Fsp3) is 0.125. The third-order valence-electron chi connectivity index (χ3n) is 2.90. The molecule has 1 amide bonds. The van der Waals surface area contributed by atoms with Crippen molar-refractivity contribution in [2.75, 3.05) is 11.9 Å². The molecule has 0 fully saturated rings. The van der Waals surface area contributed by atoms with Crippen molar-refractivity contribution >= 4 is 40.8 Å². The van der Waals surface area contributed by atoms with Crippen molar-refractivity contribution in [1.29, 1.82) is 0 Å². The van der Waals surface area contributed by atoms with Crippen LogP contribution in [0.5, 0.6) is 0 Å². The summed E-state index contributed by atoms with van der Waals surface area (Å²) in [7, 11) is 0.